The fraction of sp³-hybridized carbons (Fsp3) is 0.167. The molecular formula is C30H24N2O5S. The number of rotatable bonds is 7. The summed E-state index contributed by atoms with van der Waals surface area (Å²) in [6.45, 7) is 1.82. The summed E-state index contributed by atoms with van der Waals surface area (Å²) in [5, 5.41) is 19.3. The molecule has 0 spiro atoms. The first kappa shape index (κ1) is 23.9. The Bertz CT molecular complexity index is 1630. The van der Waals surface area contributed by atoms with Gasteiger partial charge in [-0.05, 0) is 59.5 Å². The van der Waals surface area contributed by atoms with Crippen LogP contribution in [0.3, 0.4) is 0 Å². The third kappa shape index (κ3) is 4.22. The molecule has 0 aliphatic heterocycles. The number of thiophene rings is 1. The summed E-state index contributed by atoms with van der Waals surface area (Å²) in [7, 11) is 0. The van der Waals surface area contributed by atoms with E-state index in [9.17, 15) is 14.7 Å². The van der Waals surface area contributed by atoms with Gasteiger partial charge in [0.2, 0.25) is 0 Å². The lowest BCUT2D eigenvalue weighted by molar-refractivity contribution is -0.140. The Morgan fingerprint density at radius 2 is 1.76 bits per heavy atom. The van der Waals surface area contributed by atoms with Gasteiger partial charge in [0.15, 0.2) is 5.76 Å². The predicted octanol–water partition coefficient (Wildman–Crippen LogP) is 7.65. The monoisotopic (exact) mass is 524 g/mol. The zero-order chi connectivity index (χ0) is 26.3. The molecule has 1 aliphatic carbocycles. The van der Waals surface area contributed by atoms with Crippen LogP contribution in [0.2, 0.25) is 0 Å². The highest BCUT2D eigenvalue weighted by Gasteiger charge is 2.51. The predicted molar refractivity (Wildman–Crippen MR) is 146 cm³/mol. The second-order valence-electron chi connectivity index (χ2n) is 9.44. The molecule has 5 aromatic rings. The second-order valence-corrected chi connectivity index (χ2v) is 10.4. The molecule has 3 aromatic carbocycles. The van der Waals surface area contributed by atoms with Gasteiger partial charge in [0.25, 0.3) is 0 Å². The number of benzene rings is 3. The smallest absolute Gasteiger partial charge is 0.412 e. The minimum absolute atomic E-state index is 0.417. The number of carboxylic acids is 1. The van der Waals surface area contributed by atoms with Gasteiger partial charge >= 0.3 is 12.1 Å². The Balaban J connectivity index is 1.26. The summed E-state index contributed by atoms with van der Waals surface area (Å²) >= 11 is 1.57. The number of aliphatic carboxylic acids is 1. The Hall–Kier alpha value is -4.43. The largest absolute Gasteiger partial charge is 0.481 e. The summed E-state index contributed by atoms with van der Waals surface area (Å²) in [5.41, 5.74) is 4.27. The van der Waals surface area contributed by atoms with E-state index >= 15 is 0 Å². The van der Waals surface area contributed by atoms with Gasteiger partial charge in [-0.15, -0.1) is 11.3 Å². The third-order valence-corrected chi connectivity index (χ3v) is 8.08. The number of fused-ring (bicyclic) bond motifs is 1. The molecule has 1 amide bonds. The first-order chi connectivity index (χ1) is 18.5. The van der Waals surface area contributed by atoms with E-state index in [-0.39, 0.29) is 0 Å². The number of ether oxygens (including phenoxy) is 1. The normalized spacial score (nSPS) is 14.7. The molecule has 1 unspecified atom stereocenters. The number of aromatic nitrogens is 1. The van der Waals surface area contributed by atoms with Crippen LogP contribution in [0.5, 0.6) is 0 Å². The van der Waals surface area contributed by atoms with Crippen molar-refractivity contribution in [3.05, 3.63) is 95.5 Å². The van der Waals surface area contributed by atoms with Crippen molar-refractivity contribution in [3.63, 3.8) is 0 Å². The number of nitrogens with one attached hydrogen (secondary N) is 1. The molecule has 2 aromatic heterocycles. The van der Waals surface area contributed by atoms with Gasteiger partial charge in [-0.25, -0.2) is 4.79 Å². The summed E-state index contributed by atoms with van der Waals surface area (Å²) in [4.78, 5) is 24.3. The van der Waals surface area contributed by atoms with E-state index < -0.39 is 23.6 Å². The average Bonchev–Trinajstić information content (AvgIpc) is 3.38. The van der Waals surface area contributed by atoms with Crippen molar-refractivity contribution >= 4 is 39.2 Å². The Morgan fingerprint density at radius 3 is 2.47 bits per heavy atom. The Labute approximate surface area is 222 Å². The van der Waals surface area contributed by atoms with Crippen LogP contribution in [0.25, 0.3) is 32.5 Å². The van der Waals surface area contributed by atoms with Gasteiger partial charge in [-0.2, -0.15) is 0 Å². The molecular weight excluding hydrogens is 500 g/mol. The molecule has 38 heavy (non-hydrogen) atoms. The van der Waals surface area contributed by atoms with Crippen molar-refractivity contribution in [3.8, 4) is 22.5 Å². The third-order valence-electron chi connectivity index (χ3n) is 7.13. The SMILES string of the molecule is CC(OC(=O)Nc1cnoc1-c1ccc(-c2ccc(C3(C(=O)O)CC3)cc2)c2ccsc12)c1ccccc1. The molecule has 0 radical (unpaired) electrons. The van der Waals surface area contributed by atoms with Crippen molar-refractivity contribution in [1.82, 2.24) is 5.16 Å². The second kappa shape index (κ2) is 9.46. The van der Waals surface area contributed by atoms with Crippen molar-refractivity contribution in [1.29, 1.82) is 0 Å². The van der Waals surface area contributed by atoms with Crippen LogP contribution >= 0.6 is 11.3 Å². The first-order valence-electron chi connectivity index (χ1n) is 12.3. The number of carboxylic acid groups (broad SMARTS) is 1. The van der Waals surface area contributed by atoms with Gasteiger partial charge in [-0.3, -0.25) is 10.1 Å². The highest BCUT2D eigenvalue weighted by molar-refractivity contribution is 7.17. The molecule has 190 valence electrons. The van der Waals surface area contributed by atoms with Gasteiger partial charge < -0.3 is 14.4 Å². The van der Waals surface area contributed by atoms with Crippen molar-refractivity contribution in [2.75, 3.05) is 5.32 Å². The van der Waals surface area contributed by atoms with Crippen LogP contribution in [0, 0.1) is 0 Å². The molecule has 0 bridgehead atoms. The van der Waals surface area contributed by atoms with E-state index in [1.54, 1.807) is 11.3 Å². The maximum Gasteiger partial charge on any atom is 0.412 e. The van der Waals surface area contributed by atoms with E-state index in [4.69, 9.17) is 9.26 Å². The van der Waals surface area contributed by atoms with E-state index in [0.717, 1.165) is 37.9 Å². The standard InChI is InChI=1S/C30H24N2O5S/c1-18(19-5-3-2-4-6-19)36-29(35)32-25-17-31-37-26(25)24-12-11-22(23-13-16-38-27(23)24)20-7-9-21(10-8-20)30(14-15-30)28(33)34/h2-13,16-18H,14-15H2,1H3,(H,32,35)(H,33,34). The van der Waals surface area contributed by atoms with Gasteiger partial charge in [-0.1, -0.05) is 65.8 Å². The van der Waals surface area contributed by atoms with E-state index in [0.29, 0.717) is 24.3 Å². The zero-order valence-electron chi connectivity index (χ0n) is 20.5. The highest BCUT2D eigenvalue weighted by Crippen LogP contribution is 2.49. The Kier molecular flexibility index (Phi) is 5.96. The van der Waals surface area contributed by atoms with E-state index in [1.807, 2.05) is 85.1 Å². The van der Waals surface area contributed by atoms with Gasteiger partial charge in [0.05, 0.1) is 11.6 Å². The van der Waals surface area contributed by atoms with Crippen LogP contribution in [0.15, 0.2) is 88.9 Å². The molecule has 1 fully saturated rings. The quantitative estimate of drug-likeness (QED) is 0.227. The summed E-state index contributed by atoms with van der Waals surface area (Å²) in [6.07, 6.45) is 1.81. The molecule has 1 saturated carbocycles. The summed E-state index contributed by atoms with van der Waals surface area (Å²) < 4.78 is 12.1. The minimum atomic E-state index is -0.760. The minimum Gasteiger partial charge on any atom is -0.481 e. The fourth-order valence-electron chi connectivity index (χ4n) is 4.83. The lowest BCUT2D eigenvalue weighted by Crippen LogP contribution is -2.19. The lowest BCUT2D eigenvalue weighted by Gasteiger charge is -2.14. The molecule has 2 N–H and O–H groups in total. The number of nitrogens with zero attached hydrogens (tertiary/aromatic N) is 1. The summed E-state index contributed by atoms with van der Waals surface area (Å²) in [6, 6.07) is 23.3. The number of carbonyl (C=O) groups excluding carboxylic acids is 1. The number of amides is 1. The fourth-order valence-corrected chi connectivity index (χ4v) is 5.76. The maximum absolute atomic E-state index is 12.6. The molecule has 0 saturated heterocycles. The maximum atomic E-state index is 12.6. The van der Waals surface area contributed by atoms with Crippen LogP contribution in [0.1, 0.15) is 37.0 Å². The first-order valence-corrected chi connectivity index (χ1v) is 13.2. The average molecular weight is 525 g/mol. The van der Waals surface area contributed by atoms with Crippen molar-refractivity contribution in [2.45, 2.75) is 31.3 Å². The number of carbonyl (C=O) groups is 2. The number of anilines is 1. The number of hydrogen-bond acceptors (Lipinski definition) is 6. The highest BCUT2D eigenvalue weighted by atomic mass is 32.1. The summed E-state index contributed by atoms with van der Waals surface area (Å²) in [5.74, 6) is -0.314. The molecule has 6 rings (SSSR count). The van der Waals surface area contributed by atoms with Gasteiger partial charge in [0.1, 0.15) is 11.8 Å². The Morgan fingerprint density at radius 1 is 1.03 bits per heavy atom. The van der Waals surface area contributed by atoms with Crippen LogP contribution in [-0.2, 0) is 14.9 Å². The van der Waals surface area contributed by atoms with E-state index in [1.165, 1.54) is 6.20 Å². The lowest BCUT2D eigenvalue weighted by atomic mass is 9.92. The molecule has 7 nitrogen and oxygen atoms in total. The molecule has 1 atom stereocenters. The molecule has 8 heteroatoms. The van der Waals surface area contributed by atoms with Gasteiger partial charge in [0, 0.05) is 15.6 Å². The van der Waals surface area contributed by atoms with Crippen molar-refractivity contribution in [2.24, 2.45) is 0 Å². The van der Waals surface area contributed by atoms with Crippen LogP contribution < -0.4 is 5.32 Å². The van der Waals surface area contributed by atoms with E-state index in [2.05, 4.69) is 10.5 Å². The van der Waals surface area contributed by atoms with Crippen molar-refractivity contribution < 1.29 is 24.0 Å². The number of hydrogen-bond donors (Lipinski definition) is 2. The van der Waals surface area contributed by atoms with Crippen LogP contribution in [0.4, 0.5) is 10.5 Å². The topological polar surface area (TPSA) is 102 Å². The molecule has 2 heterocycles. The molecule has 1 aliphatic rings. The van der Waals surface area contributed by atoms with Crippen LogP contribution in [-0.4, -0.2) is 22.3 Å². The zero-order valence-corrected chi connectivity index (χ0v) is 21.3.